The van der Waals surface area contributed by atoms with Crippen LogP contribution in [-0.2, 0) is 39.1 Å². The van der Waals surface area contributed by atoms with Gasteiger partial charge in [0.05, 0.1) is 6.10 Å². The van der Waals surface area contributed by atoms with Crippen LogP contribution in [0.15, 0.2) is 24.3 Å². The predicted octanol–water partition coefficient (Wildman–Crippen LogP) is 6.42. The zero-order valence-electron chi connectivity index (χ0n) is 16.6. The molecule has 0 aromatic carbocycles. The molecular weight excluding hydrogens is 413 g/mol. The first kappa shape index (κ1) is 22.8. The van der Waals surface area contributed by atoms with Crippen LogP contribution in [-0.4, -0.2) is 11.2 Å². The summed E-state index contributed by atoms with van der Waals surface area (Å²) in [5, 5.41) is 13.8. The molecule has 0 aliphatic heterocycles. The molecule has 3 heteroatoms. The number of aryl methyl sites for hydroxylation is 1. The maximum absolute atomic E-state index is 10.6. The van der Waals surface area contributed by atoms with Crippen molar-refractivity contribution in [3.05, 3.63) is 34.5 Å². The number of thiophene rings is 1. The topological polar surface area (TPSA) is 20.2 Å². The number of hydrogen-bond donors (Lipinski definition) is 1. The molecule has 1 N–H and O–H groups in total. The van der Waals surface area contributed by atoms with Crippen LogP contribution in [0.5, 0.6) is 0 Å². The van der Waals surface area contributed by atoms with Crippen LogP contribution in [0, 0.1) is 28.5 Å². The van der Waals surface area contributed by atoms with Gasteiger partial charge in [-0.05, 0) is 61.7 Å². The molecule has 26 heavy (non-hydrogen) atoms. The van der Waals surface area contributed by atoms with Gasteiger partial charge in [0.25, 0.3) is 0 Å². The number of rotatable bonds is 9. The fourth-order valence-electron chi connectivity index (χ4n) is 5.12. The fourth-order valence-corrected chi connectivity index (χ4v) is 5.79. The van der Waals surface area contributed by atoms with E-state index in [0.717, 1.165) is 30.6 Å². The number of aliphatic hydroxyl groups excluding tert-OH is 1. The Morgan fingerprint density at radius 2 is 2.19 bits per heavy atom. The van der Waals surface area contributed by atoms with Crippen molar-refractivity contribution in [1.29, 1.82) is 0 Å². The molecule has 2 aliphatic rings. The number of allylic oxidation sites excluding steroid dienone is 1. The van der Waals surface area contributed by atoms with E-state index in [9.17, 15) is 5.11 Å². The molecule has 0 saturated heterocycles. The van der Waals surface area contributed by atoms with Gasteiger partial charge in [0, 0.05) is 32.7 Å². The molecule has 1 heterocycles. The van der Waals surface area contributed by atoms with Crippen molar-refractivity contribution in [3.63, 3.8) is 0 Å². The third-order valence-electron chi connectivity index (χ3n) is 7.20. The van der Waals surface area contributed by atoms with Gasteiger partial charge in [-0.2, -0.15) is 6.07 Å². The molecular formula is C23H35OSY-. The van der Waals surface area contributed by atoms with E-state index in [2.05, 4.69) is 37.4 Å². The quantitative estimate of drug-likeness (QED) is 0.342. The molecule has 2 unspecified atom stereocenters. The Morgan fingerprint density at radius 1 is 1.38 bits per heavy atom. The minimum absolute atomic E-state index is 0. The van der Waals surface area contributed by atoms with Crippen LogP contribution in [0.4, 0.5) is 0 Å². The number of hydrogen-bond acceptors (Lipinski definition) is 2. The molecule has 2 fully saturated rings. The van der Waals surface area contributed by atoms with E-state index in [0.29, 0.717) is 0 Å². The smallest absolute Gasteiger partial charge is 0.0630 e. The van der Waals surface area contributed by atoms with Gasteiger partial charge in [0.2, 0.25) is 0 Å². The molecule has 0 spiro atoms. The summed E-state index contributed by atoms with van der Waals surface area (Å²) < 4.78 is 0. The monoisotopic (exact) mass is 448 g/mol. The summed E-state index contributed by atoms with van der Waals surface area (Å²) in [6.07, 6.45) is 17.0. The third-order valence-corrected chi connectivity index (χ3v) is 8.05. The summed E-state index contributed by atoms with van der Waals surface area (Å²) in [6, 6.07) is 4.25. The van der Waals surface area contributed by atoms with Crippen LogP contribution < -0.4 is 0 Å². The van der Waals surface area contributed by atoms with Crippen LogP contribution in [0.1, 0.15) is 76.5 Å². The first-order valence-corrected chi connectivity index (χ1v) is 11.3. The van der Waals surface area contributed by atoms with Gasteiger partial charge in [0.1, 0.15) is 0 Å². The Kier molecular flexibility index (Phi) is 9.54. The molecule has 0 bridgehead atoms. The van der Waals surface area contributed by atoms with Crippen molar-refractivity contribution in [1.82, 2.24) is 0 Å². The van der Waals surface area contributed by atoms with Crippen LogP contribution in [0.3, 0.4) is 0 Å². The predicted molar refractivity (Wildman–Crippen MR) is 108 cm³/mol. The average molecular weight is 449 g/mol. The molecule has 1 nitrogen and oxygen atoms in total. The second-order valence-corrected chi connectivity index (χ2v) is 9.52. The van der Waals surface area contributed by atoms with Crippen molar-refractivity contribution in [3.8, 4) is 0 Å². The minimum atomic E-state index is -0.132. The van der Waals surface area contributed by atoms with Crippen molar-refractivity contribution in [2.24, 2.45) is 23.2 Å². The summed E-state index contributed by atoms with van der Waals surface area (Å²) in [6.45, 7) is 4.66. The van der Waals surface area contributed by atoms with Gasteiger partial charge in [-0.1, -0.05) is 51.7 Å². The SMILES string of the molecule is CCC1(C(O)C/C=C/[C@H]2C(C)CC[C@@H]2CCCc2cc[c-]s2)CCC1.[Y]. The Bertz CT molecular complexity index is 529. The first-order chi connectivity index (χ1) is 12.1. The van der Waals surface area contributed by atoms with Crippen molar-refractivity contribution >= 4 is 11.3 Å². The average Bonchev–Trinajstić information content (AvgIpc) is 3.19. The van der Waals surface area contributed by atoms with E-state index < -0.39 is 0 Å². The number of aliphatic hydroxyl groups is 1. The van der Waals surface area contributed by atoms with Gasteiger partial charge < -0.3 is 16.4 Å². The fraction of sp³-hybridized carbons (Fsp3) is 0.739. The zero-order chi connectivity index (χ0) is 17.7. The van der Waals surface area contributed by atoms with Crippen LogP contribution in [0.2, 0.25) is 0 Å². The van der Waals surface area contributed by atoms with Crippen LogP contribution in [0.25, 0.3) is 0 Å². The Morgan fingerprint density at radius 3 is 2.81 bits per heavy atom. The molecule has 143 valence electrons. The molecule has 0 amide bonds. The summed E-state index contributed by atoms with van der Waals surface area (Å²) in [4.78, 5) is 1.48. The molecule has 2 saturated carbocycles. The Labute approximate surface area is 189 Å². The Balaban J connectivity index is 0.00000243. The largest absolute Gasteiger partial charge is 0.392 e. The molecule has 1 aromatic heterocycles. The van der Waals surface area contributed by atoms with Crippen LogP contribution >= 0.6 is 11.3 Å². The van der Waals surface area contributed by atoms with Crippen molar-refractivity contribution in [2.75, 3.05) is 0 Å². The van der Waals surface area contributed by atoms with E-state index in [-0.39, 0.29) is 44.2 Å². The second kappa shape index (κ2) is 10.9. The summed E-state index contributed by atoms with van der Waals surface area (Å²) in [5.41, 5.74) is 0.239. The van der Waals surface area contributed by atoms with E-state index >= 15 is 0 Å². The van der Waals surface area contributed by atoms with Crippen molar-refractivity contribution in [2.45, 2.75) is 84.2 Å². The van der Waals surface area contributed by atoms with Gasteiger partial charge >= 0.3 is 0 Å². The summed E-state index contributed by atoms with van der Waals surface area (Å²) in [7, 11) is 0. The normalized spacial score (nSPS) is 28.7. The van der Waals surface area contributed by atoms with Crippen molar-refractivity contribution < 1.29 is 37.8 Å². The third kappa shape index (κ3) is 5.52. The molecule has 3 rings (SSSR count). The second-order valence-electron chi connectivity index (χ2n) is 8.55. The van der Waals surface area contributed by atoms with Gasteiger partial charge in [-0.15, -0.1) is 10.3 Å². The summed E-state index contributed by atoms with van der Waals surface area (Å²) in [5.74, 6) is 2.37. The van der Waals surface area contributed by atoms with Gasteiger partial charge in [-0.25, -0.2) is 6.07 Å². The van der Waals surface area contributed by atoms with Gasteiger partial charge in [0.15, 0.2) is 0 Å². The van der Waals surface area contributed by atoms with E-state index in [4.69, 9.17) is 0 Å². The molecule has 1 aromatic rings. The molecule has 2 aliphatic carbocycles. The maximum atomic E-state index is 10.6. The molecule has 1 radical (unpaired) electrons. The minimum Gasteiger partial charge on any atom is -0.392 e. The van der Waals surface area contributed by atoms with E-state index in [1.54, 1.807) is 11.3 Å². The van der Waals surface area contributed by atoms with E-state index in [1.165, 1.54) is 56.2 Å². The van der Waals surface area contributed by atoms with Gasteiger partial charge in [-0.3, -0.25) is 0 Å². The zero-order valence-corrected chi connectivity index (χ0v) is 20.3. The Hall–Kier alpha value is 0.504. The standard InChI is InChI=1S/C23H35OS.Y/c1-3-23(15-7-16-23)22(24)12-5-11-21-18(2)13-14-19(21)8-4-9-20-10-6-17-25-20;/h5-6,10-11,18-19,21-22,24H,3-4,7-9,12-16H2,1-2H3;/q-1;/b11-5+;/t18?,19-,21-,22?;/m0./s1. The maximum Gasteiger partial charge on any atom is 0.0630 e. The van der Waals surface area contributed by atoms with E-state index in [1.807, 2.05) is 6.07 Å². The first-order valence-electron chi connectivity index (χ1n) is 10.4. The molecule has 4 atom stereocenters. The summed E-state index contributed by atoms with van der Waals surface area (Å²) >= 11 is 1.77.